The third-order valence-electron chi connectivity index (χ3n) is 3.58. The molecule has 3 N–H and O–H groups in total. The maximum atomic E-state index is 12.1. The number of hydrogen-bond acceptors (Lipinski definition) is 5. The molecule has 0 aromatic heterocycles. The third-order valence-corrected chi connectivity index (χ3v) is 5.30. The molecule has 0 radical (unpaired) electrons. The Bertz CT molecular complexity index is 608. The lowest BCUT2D eigenvalue weighted by Gasteiger charge is -2.19. The number of nitrogens with two attached hydrogens (primary N) is 1. The van der Waals surface area contributed by atoms with E-state index in [1.807, 2.05) is 24.0 Å². The van der Waals surface area contributed by atoms with Gasteiger partial charge in [-0.25, -0.2) is 8.42 Å². The highest BCUT2D eigenvalue weighted by Crippen LogP contribution is 2.22. The summed E-state index contributed by atoms with van der Waals surface area (Å²) in [6, 6.07) is 5.45. The summed E-state index contributed by atoms with van der Waals surface area (Å²) < 4.78 is 23.1. The highest BCUT2D eigenvalue weighted by molar-refractivity contribution is 7.91. The van der Waals surface area contributed by atoms with Crippen molar-refractivity contribution >= 4 is 27.1 Å². The van der Waals surface area contributed by atoms with Crippen molar-refractivity contribution in [3.05, 3.63) is 23.8 Å². The molecule has 7 heteroatoms. The molecule has 0 spiro atoms. The fourth-order valence-electron chi connectivity index (χ4n) is 2.39. The number of anilines is 2. The smallest absolute Gasteiger partial charge is 0.238 e. The van der Waals surface area contributed by atoms with E-state index in [9.17, 15) is 13.2 Å². The molecule has 1 heterocycles. The molecule has 0 bridgehead atoms. The van der Waals surface area contributed by atoms with E-state index in [4.69, 9.17) is 5.73 Å². The van der Waals surface area contributed by atoms with Gasteiger partial charge in [0.1, 0.15) is 0 Å². The molecular weight excluding hydrogens is 290 g/mol. The summed E-state index contributed by atoms with van der Waals surface area (Å²) in [5.41, 5.74) is 7.92. The summed E-state index contributed by atoms with van der Waals surface area (Å²) in [6.45, 7) is 3.09. The number of rotatable bonds is 3. The molecule has 1 aromatic rings. The van der Waals surface area contributed by atoms with E-state index in [0.29, 0.717) is 30.9 Å². The zero-order chi connectivity index (χ0) is 15.5. The molecule has 1 aliphatic rings. The number of nitrogens with zero attached hydrogens (tertiary/aromatic N) is 1. The van der Waals surface area contributed by atoms with Gasteiger partial charge in [0, 0.05) is 6.54 Å². The van der Waals surface area contributed by atoms with Crippen molar-refractivity contribution in [1.29, 1.82) is 0 Å². The molecule has 1 aromatic carbocycles. The second-order valence-electron chi connectivity index (χ2n) is 5.37. The number of sulfone groups is 1. The van der Waals surface area contributed by atoms with Gasteiger partial charge >= 0.3 is 0 Å². The van der Waals surface area contributed by atoms with Crippen LogP contribution in [0.5, 0.6) is 0 Å². The molecular formula is C14H21N3O3S. The van der Waals surface area contributed by atoms with Crippen LogP contribution in [-0.2, 0) is 14.6 Å². The van der Waals surface area contributed by atoms with Gasteiger partial charge in [-0.2, -0.15) is 0 Å². The van der Waals surface area contributed by atoms with E-state index >= 15 is 0 Å². The summed E-state index contributed by atoms with van der Waals surface area (Å²) in [6.07, 6.45) is 0.572. The molecule has 116 valence electrons. The van der Waals surface area contributed by atoms with Crippen LogP contribution in [0.25, 0.3) is 0 Å². The zero-order valence-corrected chi connectivity index (χ0v) is 12.9. The fourth-order valence-corrected chi connectivity index (χ4v) is 3.70. The first kappa shape index (κ1) is 15.8. The first-order valence-corrected chi connectivity index (χ1v) is 8.77. The Labute approximate surface area is 125 Å². The molecule has 0 aliphatic carbocycles. The van der Waals surface area contributed by atoms with Crippen LogP contribution in [0, 0.1) is 6.92 Å². The number of benzene rings is 1. The number of para-hydroxylation sites is 1. The van der Waals surface area contributed by atoms with Crippen molar-refractivity contribution in [2.24, 2.45) is 0 Å². The summed E-state index contributed by atoms with van der Waals surface area (Å²) in [7, 11) is -2.95. The van der Waals surface area contributed by atoms with Gasteiger partial charge in [0.15, 0.2) is 9.84 Å². The minimum absolute atomic E-state index is 0.118. The summed E-state index contributed by atoms with van der Waals surface area (Å²) >= 11 is 0. The highest BCUT2D eigenvalue weighted by Gasteiger charge is 2.21. The van der Waals surface area contributed by atoms with E-state index < -0.39 is 9.84 Å². The minimum Gasteiger partial charge on any atom is -0.397 e. The van der Waals surface area contributed by atoms with Gasteiger partial charge in [0.05, 0.1) is 29.4 Å². The Morgan fingerprint density at radius 2 is 2.10 bits per heavy atom. The monoisotopic (exact) mass is 311 g/mol. The van der Waals surface area contributed by atoms with Crippen LogP contribution in [-0.4, -0.2) is 50.4 Å². The standard InChI is InChI=1S/C14H21N3O3S/c1-11-4-2-5-12(15)14(11)16-13(18)10-17-6-3-8-21(19,20)9-7-17/h2,4-5H,3,6-10,15H2,1H3,(H,16,18). The second-order valence-corrected chi connectivity index (χ2v) is 7.67. The van der Waals surface area contributed by atoms with Crippen molar-refractivity contribution in [2.75, 3.05) is 42.2 Å². The van der Waals surface area contributed by atoms with Crippen LogP contribution in [0.3, 0.4) is 0 Å². The third kappa shape index (κ3) is 4.44. The van der Waals surface area contributed by atoms with Gasteiger partial charge in [-0.1, -0.05) is 12.1 Å². The molecule has 1 aliphatic heterocycles. The number of nitrogens with one attached hydrogen (secondary N) is 1. The second kappa shape index (κ2) is 6.44. The van der Waals surface area contributed by atoms with Crippen LogP contribution in [0.2, 0.25) is 0 Å². The molecule has 6 nitrogen and oxygen atoms in total. The zero-order valence-electron chi connectivity index (χ0n) is 12.1. The van der Waals surface area contributed by atoms with Crippen LogP contribution >= 0.6 is 0 Å². The molecule has 2 rings (SSSR count). The Hall–Kier alpha value is -1.60. The lowest BCUT2D eigenvalue weighted by Crippen LogP contribution is -2.35. The van der Waals surface area contributed by atoms with E-state index in [0.717, 1.165) is 5.56 Å². The number of nitrogen functional groups attached to an aromatic ring is 1. The van der Waals surface area contributed by atoms with Crippen molar-refractivity contribution in [3.8, 4) is 0 Å². The maximum absolute atomic E-state index is 12.1. The number of carbonyl (C=O) groups is 1. The maximum Gasteiger partial charge on any atom is 0.238 e. The van der Waals surface area contributed by atoms with Crippen LogP contribution in [0.15, 0.2) is 18.2 Å². The van der Waals surface area contributed by atoms with E-state index in [1.54, 1.807) is 6.07 Å². The summed E-state index contributed by atoms with van der Waals surface area (Å²) in [5.74, 6) is 0.151. The van der Waals surface area contributed by atoms with E-state index in [-0.39, 0.29) is 24.0 Å². The normalized spacial score (nSPS) is 18.9. The largest absolute Gasteiger partial charge is 0.397 e. The molecule has 1 saturated heterocycles. The topological polar surface area (TPSA) is 92.5 Å². The first-order valence-electron chi connectivity index (χ1n) is 6.95. The number of hydrogen-bond donors (Lipinski definition) is 2. The molecule has 0 atom stereocenters. The van der Waals surface area contributed by atoms with Gasteiger partial charge < -0.3 is 11.1 Å². The van der Waals surface area contributed by atoms with Crippen molar-refractivity contribution < 1.29 is 13.2 Å². The predicted molar refractivity (Wildman–Crippen MR) is 83.9 cm³/mol. The average molecular weight is 311 g/mol. The Kier molecular flexibility index (Phi) is 4.84. The Balaban J connectivity index is 1.96. The van der Waals surface area contributed by atoms with E-state index in [1.165, 1.54) is 0 Å². The van der Waals surface area contributed by atoms with Gasteiger partial charge in [-0.05, 0) is 31.5 Å². The average Bonchev–Trinajstić information content (AvgIpc) is 2.56. The first-order chi connectivity index (χ1) is 9.87. The fraction of sp³-hybridized carbons (Fsp3) is 0.500. The highest BCUT2D eigenvalue weighted by atomic mass is 32.2. The van der Waals surface area contributed by atoms with Crippen molar-refractivity contribution in [1.82, 2.24) is 4.90 Å². The number of aryl methyl sites for hydroxylation is 1. The van der Waals surface area contributed by atoms with Gasteiger partial charge in [0.2, 0.25) is 5.91 Å². The predicted octanol–water partition coefficient (Wildman–Crippen LogP) is 0.636. The van der Waals surface area contributed by atoms with Gasteiger partial charge in [-0.3, -0.25) is 9.69 Å². The summed E-state index contributed by atoms with van der Waals surface area (Å²) in [4.78, 5) is 14.0. The number of carbonyl (C=O) groups excluding carboxylic acids is 1. The van der Waals surface area contributed by atoms with Crippen molar-refractivity contribution in [2.45, 2.75) is 13.3 Å². The molecule has 21 heavy (non-hydrogen) atoms. The lowest BCUT2D eigenvalue weighted by atomic mass is 10.1. The quantitative estimate of drug-likeness (QED) is 0.799. The van der Waals surface area contributed by atoms with Crippen molar-refractivity contribution in [3.63, 3.8) is 0 Å². The number of amides is 1. The molecule has 1 fully saturated rings. The SMILES string of the molecule is Cc1cccc(N)c1NC(=O)CN1CCCS(=O)(=O)CC1. The Morgan fingerprint density at radius 3 is 2.81 bits per heavy atom. The molecule has 0 unspecified atom stereocenters. The molecule has 0 saturated carbocycles. The van der Waals surface area contributed by atoms with Crippen LogP contribution < -0.4 is 11.1 Å². The van der Waals surface area contributed by atoms with Gasteiger partial charge in [-0.15, -0.1) is 0 Å². The van der Waals surface area contributed by atoms with Crippen LogP contribution in [0.4, 0.5) is 11.4 Å². The Morgan fingerprint density at radius 1 is 1.33 bits per heavy atom. The summed E-state index contributed by atoms with van der Waals surface area (Å²) in [5, 5.41) is 2.81. The lowest BCUT2D eigenvalue weighted by molar-refractivity contribution is -0.117. The molecule has 1 amide bonds. The van der Waals surface area contributed by atoms with E-state index in [2.05, 4.69) is 5.32 Å². The minimum atomic E-state index is -2.95. The van der Waals surface area contributed by atoms with Crippen LogP contribution in [0.1, 0.15) is 12.0 Å². The van der Waals surface area contributed by atoms with Gasteiger partial charge in [0.25, 0.3) is 0 Å².